The third-order valence-corrected chi connectivity index (χ3v) is 6.44. The molecular weight excluding hydrogens is 484 g/mol. The van der Waals surface area contributed by atoms with E-state index < -0.39 is 6.10 Å². The van der Waals surface area contributed by atoms with Crippen molar-refractivity contribution in [1.29, 1.82) is 0 Å². The summed E-state index contributed by atoms with van der Waals surface area (Å²) < 4.78 is 16.7. The lowest BCUT2D eigenvalue weighted by Crippen LogP contribution is -2.39. The third kappa shape index (κ3) is 5.22. The first-order valence-corrected chi connectivity index (χ1v) is 12.3. The van der Waals surface area contributed by atoms with Gasteiger partial charge in [0, 0.05) is 24.3 Å². The predicted octanol–water partition coefficient (Wildman–Crippen LogP) is 4.25. The van der Waals surface area contributed by atoms with Gasteiger partial charge in [0.05, 0.1) is 31.4 Å². The number of benzene rings is 3. The molecule has 0 bridgehead atoms. The largest absolute Gasteiger partial charge is 0.493 e. The molecule has 1 aliphatic rings. The molecule has 0 aliphatic carbocycles. The summed E-state index contributed by atoms with van der Waals surface area (Å²) in [5.41, 5.74) is 3.99. The molecule has 9 nitrogen and oxygen atoms in total. The molecule has 0 spiro atoms. The molecule has 4 aromatic rings. The second-order valence-corrected chi connectivity index (χ2v) is 8.98. The summed E-state index contributed by atoms with van der Waals surface area (Å²) in [6.07, 6.45) is 1.46. The molecule has 5 rings (SSSR count). The van der Waals surface area contributed by atoms with E-state index in [0.29, 0.717) is 48.0 Å². The van der Waals surface area contributed by atoms with Crippen LogP contribution in [0.2, 0.25) is 0 Å². The second kappa shape index (κ2) is 10.8. The summed E-state index contributed by atoms with van der Waals surface area (Å²) in [6, 6.07) is 18.5. The van der Waals surface area contributed by atoms with Crippen molar-refractivity contribution in [3.05, 3.63) is 83.7 Å². The molecule has 1 aliphatic heterocycles. The molecule has 2 heterocycles. The summed E-state index contributed by atoms with van der Waals surface area (Å²) in [6.45, 7) is 2.59. The molecule has 194 valence electrons. The Morgan fingerprint density at radius 3 is 2.63 bits per heavy atom. The number of carbonyl (C=O) groups excluding carboxylic acids is 2. The molecule has 0 saturated carbocycles. The van der Waals surface area contributed by atoms with Gasteiger partial charge >= 0.3 is 0 Å². The van der Waals surface area contributed by atoms with Crippen LogP contribution in [0.1, 0.15) is 28.5 Å². The first-order chi connectivity index (χ1) is 18.4. The average molecular weight is 513 g/mol. The maximum absolute atomic E-state index is 13.1. The van der Waals surface area contributed by atoms with E-state index in [1.165, 1.54) is 6.20 Å². The Morgan fingerprint density at radius 2 is 1.84 bits per heavy atom. The lowest BCUT2D eigenvalue weighted by Gasteiger charge is -2.22. The van der Waals surface area contributed by atoms with Crippen LogP contribution in [0.4, 0.5) is 5.69 Å². The molecule has 1 N–H and O–H groups in total. The SMILES string of the molecule is COc1ccc(CCN2Cc3cc(NC(=O)c4cnc5ccccc5n4)ccc3O[C@@H](C)C2=O)cc1OC. The van der Waals surface area contributed by atoms with E-state index in [4.69, 9.17) is 14.2 Å². The fourth-order valence-corrected chi connectivity index (χ4v) is 4.43. The van der Waals surface area contributed by atoms with E-state index in [-0.39, 0.29) is 17.5 Å². The number of aromatic nitrogens is 2. The summed E-state index contributed by atoms with van der Waals surface area (Å²) in [4.78, 5) is 36.5. The quantitative estimate of drug-likeness (QED) is 0.395. The Morgan fingerprint density at radius 1 is 1.05 bits per heavy atom. The van der Waals surface area contributed by atoms with Gasteiger partial charge in [-0.15, -0.1) is 0 Å². The van der Waals surface area contributed by atoms with Crippen molar-refractivity contribution < 1.29 is 23.8 Å². The van der Waals surface area contributed by atoms with Crippen LogP contribution < -0.4 is 19.5 Å². The lowest BCUT2D eigenvalue weighted by molar-refractivity contribution is -0.137. The van der Waals surface area contributed by atoms with Gasteiger partial charge in [-0.1, -0.05) is 18.2 Å². The topological polar surface area (TPSA) is 103 Å². The highest BCUT2D eigenvalue weighted by Crippen LogP contribution is 2.30. The van der Waals surface area contributed by atoms with Gasteiger partial charge in [-0.05, 0) is 61.4 Å². The number of carbonyl (C=O) groups is 2. The molecule has 0 radical (unpaired) electrons. The zero-order valence-electron chi connectivity index (χ0n) is 21.4. The van der Waals surface area contributed by atoms with E-state index in [0.717, 1.165) is 16.6 Å². The van der Waals surface area contributed by atoms with Gasteiger partial charge in [-0.2, -0.15) is 0 Å². The number of nitrogens with zero attached hydrogens (tertiary/aromatic N) is 3. The van der Waals surface area contributed by atoms with E-state index in [1.54, 1.807) is 38.2 Å². The third-order valence-electron chi connectivity index (χ3n) is 6.44. The van der Waals surface area contributed by atoms with Crippen molar-refractivity contribution in [1.82, 2.24) is 14.9 Å². The van der Waals surface area contributed by atoms with Crippen LogP contribution in [0.5, 0.6) is 17.2 Å². The van der Waals surface area contributed by atoms with Crippen molar-refractivity contribution >= 4 is 28.5 Å². The number of anilines is 1. The zero-order chi connectivity index (χ0) is 26.6. The highest BCUT2D eigenvalue weighted by Gasteiger charge is 2.28. The molecular formula is C29H28N4O5. The zero-order valence-corrected chi connectivity index (χ0v) is 21.4. The van der Waals surface area contributed by atoms with Gasteiger partial charge in [0.1, 0.15) is 11.4 Å². The fraction of sp³-hybridized carbons (Fsp3) is 0.241. The van der Waals surface area contributed by atoms with E-state index in [1.807, 2.05) is 48.5 Å². The highest BCUT2D eigenvalue weighted by atomic mass is 16.5. The molecule has 38 heavy (non-hydrogen) atoms. The van der Waals surface area contributed by atoms with Crippen LogP contribution in [0.15, 0.2) is 66.9 Å². The van der Waals surface area contributed by atoms with Crippen molar-refractivity contribution in [3.63, 3.8) is 0 Å². The maximum atomic E-state index is 13.1. The Kier molecular flexibility index (Phi) is 7.08. The van der Waals surface area contributed by atoms with Crippen LogP contribution in [-0.2, 0) is 17.8 Å². The van der Waals surface area contributed by atoms with Crippen molar-refractivity contribution in [3.8, 4) is 17.2 Å². The molecule has 9 heteroatoms. The summed E-state index contributed by atoms with van der Waals surface area (Å²) in [5, 5.41) is 2.89. The van der Waals surface area contributed by atoms with Gasteiger partial charge < -0.3 is 24.4 Å². The molecule has 1 aromatic heterocycles. The minimum Gasteiger partial charge on any atom is -0.493 e. The highest BCUT2D eigenvalue weighted by molar-refractivity contribution is 6.03. The van der Waals surface area contributed by atoms with Gasteiger partial charge in [0.25, 0.3) is 11.8 Å². The van der Waals surface area contributed by atoms with Gasteiger partial charge in [0.2, 0.25) is 0 Å². The Balaban J connectivity index is 1.32. The van der Waals surface area contributed by atoms with E-state index >= 15 is 0 Å². The van der Waals surface area contributed by atoms with Crippen molar-refractivity contribution in [2.24, 2.45) is 0 Å². The number of fused-ring (bicyclic) bond motifs is 2. The monoisotopic (exact) mass is 512 g/mol. The molecule has 0 unspecified atom stereocenters. The molecule has 2 amide bonds. The van der Waals surface area contributed by atoms with Crippen LogP contribution in [0.25, 0.3) is 11.0 Å². The summed E-state index contributed by atoms with van der Waals surface area (Å²) >= 11 is 0. The minimum absolute atomic E-state index is 0.0984. The number of amides is 2. The number of ether oxygens (including phenoxy) is 3. The van der Waals surface area contributed by atoms with Gasteiger partial charge in [-0.25, -0.2) is 4.98 Å². The van der Waals surface area contributed by atoms with Crippen molar-refractivity contribution in [2.45, 2.75) is 26.0 Å². The number of nitrogens with one attached hydrogen (secondary N) is 1. The van der Waals surface area contributed by atoms with Crippen LogP contribution in [0, 0.1) is 0 Å². The van der Waals surface area contributed by atoms with E-state index in [2.05, 4.69) is 15.3 Å². The predicted molar refractivity (Wildman–Crippen MR) is 143 cm³/mol. The molecule has 0 saturated heterocycles. The van der Waals surface area contributed by atoms with Gasteiger partial charge in [-0.3, -0.25) is 14.6 Å². The van der Waals surface area contributed by atoms with Crippen molar-refractivity contribution in [2.75, 3.05) is 26.1 Å². The fourth-order valence-electron chi connectivity index (χ4n) is 4.43. The first kappa shape index (κ1) is 25.0. The lowest BCUT2D eigenvalue weighted by atomic mass is 10.1. The first-order valence-electron chi connectivity index (χ1n) is 12.3. The number of para-hydroxylation sites is 2. The van der Waals surface area contributed by atoms with E-state index in [9.17, 15) is 9.59 Å². The van der Waals surface area contributed by atoms with Crippen LogP contribution in [0.3, 0.4) is 0 Å². The standard InChI is InChI=1S/C29H28N4O5/c1-18-29(35)33(13-12-19-8-10-26(36-2)27(14-19)37-3)17-20-15-21(9-11-25(20)38-18)31-28(34)24-16-30-22-6-4-5-7-23(22)32-24/h4-11,14-16,18H,12-13,17H2,1-3H3,(H,31,34)/t18-/m0/s1. The minimum atomic E-state index is -0.630. The molecule has 0 fully saturated rings. The molecule has 1 atom stereocenters. The Labute approximate surface area is 220 Å². The molecule has 3 aromatic carbocycles. The summed E-state index contributed by atoms with van der Waals surface area (Å²) in [7, 11) is 3.19. The van der Waals surface area contributed by atoms with Gasteiger partial charge in [0.15, 0.2) is 17.6 Å². The van der Waals surface area contributed by atoms with Crippen LogP contribution in [-0.4, -0.2) is 53.6 Å². The number of rotatable bonds is 7. The maximum Gasteiger partial charge on any atom is 0.275 e. The van der Waals surface area contributed by atoms with Crippen LogP contribution >= 0.6 is 0 Å². The smallest absolute Gasteiger partial charge is 0.275 e. The normalized spacial score (nSPS) is 14.9. The number of hydrogen-bond donors (Lipinski definition) is 1. The second-order valence-electron chi connectivity index (χ2n) is 8.98. The Bertz CT molecular complexity index is 1510. The average Bonchev–Trinajstić information content (AvgIpc) is 3.06. The summed E-state index contributed by atoms with van der Waals surface area (Å²) in [5.74, 6) is 1.45. The number of hydrogen-bond acceptors (Lipinski definition) is 7. The Hall–Kier alpha value is -4.66. The number of methoxy groups -OCH3 is 2.